The highest BCUT2D eigenvalue weighted by Crippen LogP contribution is 2.13. The average Bonchev–Trinajstić information content (AvgIpc) is 2.44. The van der Waals surface area contributed by atoms with E-state index in [9.17, 15) is 4.91 Å². The maximum atomic E-state index is 10.1. The van der Waals surface area contributed by atoms with Crippen LogP contribution < -0.4 is 5.53 Å². The number of hydrogen-bond acceptors (Lipinski definition) is 3. The standard InChI is InChI=1S/C8H8N4O/c1-6-9-7-4-2-3-5-8(7)12(6)10-11-13/h2-5H,1H3,(H,10,13). The molecule has 2 aromatic rings. The highest BCUT2D eigenvalue weighted by molar-refractivity contribution is 5.76. The number of imidazole rings is 1. The van der Waals surface area contributed by atoms with Crippen molar-refractivity contribution in [2.45, 2.75) is 6.92 Å². The third-order valence-corrected chi connectivity index (χ3v) is 1.87. The Hall–Kier alpha value is -1.91. The molecule has 5 heteroatoms. The van der Waals surface area contributed by atoms with Gasteiger partial charge in [-0.2, -0.15) is 5.53 Å². The molecule has 0 amide bonds. The van der Waals surface area contributed by atoms with Crippen LogP contribution in [0, 0.1) is 11.8 Å². The fourth-order valence-electron chi connectivity index (χ4n) is 1.31. The molecule has 0 fully saturated rings. The van der Waals surface area contributed by atoms with Crippen LogP contribution in [0.4, 0.5) is 0 Å². The molecule has 0 saturated carbocycles. The SMILES string of the molecule is Cc1nc2ccccc2n1NN=O. The van der Waals surface area contributed by atoms with Crippen LogP contribution in [0.2, 0.25) is 0 Å². The smallest absolute Gasteiger partial charge is 0.127 e. The summed E-state index contributed by atoms with van der Waals surface area (Å²) in [6.45, 7) is 1.80. The zero-order valence-corrected chi connectivity index (χ0v) is 7.06. The van der Waals surface area contributed by atoms with Crippen molar-refractivity contribution >= 4 is 11.0 Å². The number of nitrogens with one attached hydrogen (secondary N) is 1. The molecule has 1 heterocycles. The Kier molecular flexibility index (Phi) is 1.70. The molecule has 66 valence electrons. The van der Waals surface area contributed by atoms with Crippen molar-refractivity contribution in [3.05, 3.63) is 35.0 Å². The van der Waals surface area contributed by atoms with Gasteiger partial charge >= 0.3 is 0 Å². The Morgan fingerprint density at radius 1 is 1.46 bits per heavy atom. The van der Waals surface area contributed by atoms with Crippen LogP contribution in [0.1, 0.15) is 5.82 Å². The van der Waals surface area contributed by atoms with E-state index in [1.165, 1.54) is 0 Å². The first kappa shape index (κ1) is 7.72. The van der Waals surface area contributed by atoms with E-state index in [2.05, 4.69) is 15.8 Å². The molecular weight excluding hydrogens is 168 g/mol. The number of nitroso groups, excluding NO2 is 1. The molecule has 0 bridgehead atoms. The number of para-hydroxylation sites is 2. The van der Waals surface area contributed by atoms with Gasteiger partial charge in [-0.05, 0) is 19.1 Å². The first-order chi connectivity index (χ1) is 6.33. The van der Waals surface area contributed by atoms with Crippen molar-refractivity contribution in [2.75, 3.05) is 5.53 Å². The van der Waals surface area contributed by atoms with Gasteiger partial charge in [0, 0.05) is 0 Å². The molecule has 0 aliphatic rings. The number of aryl methyl sites for hydroxylation is 1. The number of fused-ring (bicyclic) bond motifs is 1. The zero-order valence-electron chi connectivity index (χ0n) is 7.06. The van der Waals surface area contributed by atoms with E-state index in [1.807, 2.05) is 24.3 Å². The van der Waals surface area contributed by atoms with E-state index in [0.29, 0.717) is 5.82 Å². The lowest BCUT2D eigenvalue weighted by molar-refractivity contribution is 0.855. The van der Waals surface area contributed by atoms with Gasteiger partial charge in [-0.3, -0.25) is 0 Å². The first-order valence-electron chi connectivity index (χ1n) is 3.85. The maximum absolute atomic E-state index is 10.1. The number of hydrogen-bond donors (Lipinski definition) is 1. The van der Waals surface area contributed by atoms with Crippen LogP contribution in [-0.4, -0.2) is 9.66 Å². The molecule has 0 spiro atoms. The summed E-state index contributed by atoms with van der Waals surface area (Å²) in [6, 6.07) is 7.53. The Bertz CT molecular complexity index is 448. The van der Waals surface area contributed by atoms with Crippen LogP contribution in [0.3, 0.4) is 0 Å². The quantitative estimate of drug-likeness (QED) is 0.558. The molecule has 0 saturated heterocycles. The monoisotopic (exact) mass is 176 g/mol. The summed E-state index contributed by atoms with van der Waals surface area (Å²) in [7, 11) is 0. The van der Waals surface area contributed by atoms with E-state index in [1.54, 1.807) is 11.6 Å². The topological polar surface area (TPSA) is 59.3 Å². The fraction of sp³-hybridized carbons (Fsp3) is 0.125. The van der Waals surface area contributed by atoms with Crippen molar-refractivity contribution in [2.24, 2.45) is 5.29 Å². The summed E-state index contributed by atoms with van der Waals surface area (Å²) in [4.78, 5) is 14.3. The van der Waals surface area contributed by atoms with Crippen LogP contribution in [0.25, 0.3) is 11.0 Å². The van der Waals surface area contributed by atoms with Gasteiger partial charge in [-0.25, -0.2) is 9.66 Å². The molecule has 1 aromatic heterocycles. The van der Waals surface area contributed by atoms with Gasteiger partial charge in [-0.1, -0.05) is 12.1 Å². The predicted molar refractivity (Wildman–Crippen MR) is 49.6 cm³/mol. The summed E-state index contributed by atoms with van der Waals surface area (Å²) in [5.41, 5.74) is 4.01. The van der Waals surface area contributed by atoms with E-state index < -0.39 is 0 Å². The van der Waals surface area contributed by atoms with Crippen LogP contribution in [-0.2, 0) is 0 Å². The van der Waals surface area contributed by atoms with Gasteiger partial charge < -0.3 is 0 Å². The molecule has 0 aliphatic carbocycles. The average molecular weight is 176 g/mol. The summed E-state index contributed by atoms with van der Waals surface area (Å²) in [6.07, 6.45) is 0. The van der Waals surface area contributed by atoms with Gasteiger partial charge in [0.05, 0.1) is 16.3 Å². The number of aromatic nitrogens is 2. The van der Waals surface area contributed by atoms with Crippen molar-refractivity contribution < 1.29 is 0 Å². The highest BCUT2D eigenvalue weighted by atomic mass is 16.3. The van der Waals surface area contributed by atoms with E-state index in [0.717, 1.165) is 11.0 Å². The van der Waals surface area contributed by atoms with Crippen molar-refractivity contribution in [1.29, 1.82) is 0 Å². The molecule has 0 atom stereocenters. The molecule has 0 unspecified atom stereocenters. The van der Waals surface area contributed by atoms with Crippen LogP contribution in [0.15, 0.2) is 29.6 Å². The minimum absolute atomic E-state index is 0.709. The minimum atomic E-state index is 0.709. The molecule has 5 nitrogen and oxygen atoms in total. The maximum Gasteiger partial charge on any atom is 0.127 e. The molecule has 1 N–H and O–H groups in total. The second kappa shape index (κ2) is 2.85. The van der Waals surface area contributed by atoms with Crippen molar-refractivity contribution in [3.8, 4) is 0 Å². The van der Waals surface area contributed by atoms with E-state index in [-0.39, 0.29) is 0 Å². The Morgan fingerprint density at radius 3 is 3.00 bits per heavy atom. The summed E-state index contributed by atoms with van der Waals surface area (Å²) < 4.78 is 1.54. The Morgan fingerprint density at radius 2 is 2.23 bits per heavy atom. The third-order valence-electron chi connectivity index (χ3n) is 1.87. The number of rotatable bonds is 2. The minimum Gasteiger partial charge on any atom is -0.232 e. The van der Waals surface area contributed by atoms with Gasteiger partial charge in [0.2, 0.25) is 0 Å². The van der Waals surface area contributed by atoms with Crippen molar-refractivity contribution in [1.82, 2.24) is 9.66 Å². The van der Waals surface area contributed by atoms with Crippen LogP contribution >= 0.6 is 0 Å². The van der Waals surface area contributed by atoms with Gasteiger partial charge in [0.1, 0.15) is 5.82 Å². The Balaban J connectivity index is 2.70. The lowest BCUT2D eigenvalue weighted by Crippen LogP contribution is -2.08. The third kappa shape index (κ3) is 1.14. The van der Waals surface area contributed by atoms with E-state index >= 15 is 0 Å². The molecule has 2 rings (SSSR count). The lowest BCUT2D eigenvalue weighted by Gasteiger charge is -2.00. The summed E-state index contributed by atoms with van der Waals surface area (Å²) >= 11 is 0. The molecule has 0 aliphatic heterocycles. The van der Waals surface area contributed by atoms with Crippen molar-refractivity contribution in [3.63, 3.8) is 0 Å². The zero-order chi connectivity index (χ0) is 9.26. The summed E-state index contributed by atoms with van der Waals surface area (Å²) in [5.74, 6) is 0.709. The van der Waals surface area contributed by atoms with Gasteiger partial charge in [0.15, 0.2) is 0 Å². The second-order valence-electron chi connectivity index (χ2n) is 2.67. The highest BCUT2D eigenvalue weighted by Gasteiger charge is 2.04. The fourth-order valence-corrected chi connectivity index (χ4v) is 1.31. The summed E-state index contributed by atoms with van der Waals surface area (Å²) in [5, 5.41) is 2.61. The molecular formula is C8H8N4O. The Labute approximate surface area is 74.3 Å². The molecule has 1 aromatic carbocycles. The number of benzene rings is 1. The van der Waals surface area contributed by atoms with E-state index in [4.69, 9.17) is 0 Å². The largest absolute Gasteiger partial charge is 0.232 e. The van der Waals surface area contributed by atoms with Crippen LogP contribution in [0.5, 0.6) is 0 Å². The first-order valence-corrected chi connectivity index (χ1v) is 3.85. The molecule has 0 radical (unpaired) electrons. The normalized spacial score (nSPS) is 10.2. The second-order valence-corrected chi connectivity index (χ2v) is 2.67. The number of nitrogens with zero attached hydrogens (tertiary/aromatic N) is 3. The van der Waals surface area contributed by atoms with Gasteiger partial charge in [0.25, 0.3) is 0 Å². The lowest BCUT2D eigenvalue weighted by atomic mass is 10.3. The van der Waals surface area contributed by atoms with Gasteiger partial charge in [-0.15, -0.1) is 4.91 Å². The molecule has 13 heavy (non-hydrogen) atoms. The predicted octanol–water partition coefficient (Wildman–Crippen LogP) is 1.57.